The molecule has 1 aromatic heterocycles. The zero-order valence-corrected chi connectivity index (χ0v) is 13.3. The molecule has 2 aromatic carbocycles. The molecule has 1 nitrogen and oxygen atoms in total. The van der Waals surface area contributed by atoms with E-state index in [4.69, 9.17) is 0 Å². The summed E-state index contributed by atoms with van der Waals surface area (Å²) < 4.78 is 3.56. The van der Waals surface area contributed by atoms with Crippen LogP contribution in [0.2, 0.25) is 0 Å². The quantitative estimate of drug-likeness (QED) is 0.590. The molecule has 0 N–H and O–H groups in total. The first-order valence-electron chi connectivity index (χ1n) is 7.38. The topological polar surface area (TPSA) is 4.93 Å². The van der Waals surface area contributed by atoms with Crippen LogP contribution in [0, 0.1) is 0 Å². The fourth-order valence-electron chi connectivity index (χ4n) is 3.24. The van der Waals surface area contributed by atoms with E-state index in [0.717, 1.165) is 4.47 Å². The van der Waals surface area contributed by atoms with E-state index in [0.29, 0.717) is 0 Å². The van der Waals surface area contributed by atoms with Crippen molar-refractivity contribution in [2.75, 3.05) is 0 Å². The maximum atomic E-state index is 3.53. The Labute approximate surface area is 133 Å². The summed E-state index contributed by atoms with van der Waals surface area (Å²) in [7, 11) is 0. The Morgan fingerprint density at radius 3 is 2.38 bits per heavy atom. The molecule has 0 saturated carbocycles. The lowest BCUT2D eigenvalue weighted by molar-refractivity contribution is 0.864. The predicted molar refractivity (Wildman–Crippen MR) is 90.9 cm³/mol. The van der Waals surface area contributed by atoms with Crippen molar-refractivity contribution >= 4 is 15.9 Å². The second-order valence-electron chi connectivity index (χ2n) is 5.53. The van der Waals surface area contributed by atoms with Crippen molar-refractivity contribution in [3.05, 3.63) is 76.4 Å². The number of aromatic nitrogens is 1. The molecule has 2 heteroatoms. The Hall–Kier alpha value is -1.80. The van der Waals surface area contributed by atoms with Crippen molar-refractivity contribution in [3.63, 3.8) is 0 Å². The first-order chi connectivity index (χ1) is 10.3. The van der Waals surface area contributed by atoms with Gasteiger partial charge in [-0.15, -0.1) is 0 Å². The molecule has 0 spiro atoms. The van der Waals surface area contributed by atoms with Gasteiger partial charge in [-0.1, -0.05) is 46.3 Å². The fraction of sp³-hybridized carbons (Fsp3) is 0.158. The van der Waals surface area contributed by atoms with Crippen molar-refractivity contribution in [2.24, 2.45) is 0 Å². The van der Waals surface area contributed by atoms with Crippen LogP contribution in [0.15, 0.2) is 65.1 Å². The Kier molecular flexibility index (Phi) is 3.19. The summed E-state index contributed by atoms with van der Waals surface area (Å²) >= 11 is 3.53. The van der Waals surface area contributed by atoms with Gasteiger partial charge in [-0.05, 0) is 60.7 Å². The van der Waals surface area contributed by atoms with Gasteiger partial charge in [-0.25, -0.2) is 0 Å². The van der Waals surface area contributed by atoms with E-state index < -0.39 is 0 Å². The van der Waals surface area contributed by atoms with Crippen LogP contribution in [0.25, 0.3) is 16.9 Å². The van der Waals surface area contributed by atoms with Gasteiger partial charge in [0.1, 0.15) is 0 Å². The first kappa shape index (κ1) is 12.9. The van der Waals surface area contributed by atoms with Gasteiger partial charge in [-0.3, -0.25) is 0 Å². The van der Waals surface area contributed by atoms with Crippen LogP contribution >= 0.6 is 15.9 Å². The number of benzene rings is 2. The standard InChI is InChI=1S/C19H16BrN/c20-16-9-11-17(12-10-16)21-18-8-4-7-15(18)13-19(21)14-5-2-1-3-6-14/h1-3,5-6,9-13H,4,7-8H2. The largest absolute Gasteiger partial charge is 0.313 e. The third-order valence-corrected chi connectivity index (χ3v) is 4.74. The summed E-state index contributed by atoms with van der Waals surface area (Å²) in [4.78, 5) is 0. The molecule has 1 aliphatic carbocycles. The average Bonchev–Trinajstić information content (AvgIpc) is 3.10. The van der Waals surface area contributed by atoms with Crippen molar-refractivity contribution in [1.29, 1.82) is 0 Å². The third kappa shape index (κ3) is 2.24. The molecule has 0 radical (unpaired) electrons. The Morgan fingerprint density at radius 1 is 0.857 bits per heavy atom. The number of nitrogens with zero attached hydrogens (tertiary/aromatic N) is 1. The van der Waals surface area contributed by atoms with Gasteiger partial charge in [0.15, 0.2) is 0 Å². The molecule has 0 bridgehead atoms. The van der Waals surface area contributed by atoms with Gasteiger partial charge in [0, 0.05) is 15.9 Å². The molecule has 3 aromatic rings. The molecular formula is C19H16BrN. The molecule has 0 unspecified atom stereocenters. The third-order valence-electron chi connectivity index (χ3n) is 4.21. The fourth-order valence-corrected chi connectivity index (χ4v) is 3.51. The van der Waals surface area contributed by atoms with Gasteiger partial charge in [0.2, 0.25) is 0 Å². The second-order valence-corrected chi connectivity index (χ2v) is 6.45. The lowest BCUT2D eigenvalue weighted by Crippen LogP contribution is -2.01. The van der Waals surface area contributed by atoms with Crippen molar-refractivity contribution in [3.8, 4) is 16.9 Å². The van der Waals surface area contributed by atoms with Crippen LogP contribution in [0.1, 0.15) is 17.7 Å². The molecule has 1 aliphatic rings. The molecule has 104 valence electrons. The minimum absolute atomic E-state index is 1.12. The Balaban J connectivity index is 1.94. The number of hydrogen-bond donors (Lipinski definition) is 0. The van der Waals surface area contributed by atoms with Crippen LogP contribution in [-0.2, 0) is 12.8 Å². The highest BCUT2D eigenvalue weighted by Crippen LogP contribution is 2.34. The van der Waals surface area contributed by atoms with Crippen molar-refractivity contribution < 1.29 is 0 Å². The summed E-state index contributed by atoms with van der Waals surface area (Å²) in [6.07, 6.45) is 3.66. The zero-order valence-electron chi connectivity index (χ0n) is 11.7. The van der Waals surface area contributed by atoms with Gasteiger partial charge >= 0.3 is 0 Å². The van der Waals surface area contributed by atoms with E-state index in [1.54, 1.807) is 0 Å². The summed E-state index contributed by atoms with van der Waals surface area (Å²) in [5, 5.41) is 0. The van der Waals surface area contributed by atoms with Crippen LogP contribution < -0.4 is 0 Å². The molecule has 0 saturated heterocycles. The van der Waals surface area contributed by atoms with Crippen LogP contribution in [0.4, 0.5) is 0 Å². The van der Waals surface area contributed by atoms with E-state index in [9.17, 15) is 0 Å². The minimum atomic E-state index is 1.12. The highest BCUT2D eigenvalue weighted by atomic mass is 79.9. The Morgan fingerprint density at radius 2 is 1.62 bits per heavy atom. The number of hydrogen-bond acceptors (Lipinski definition) is 0. The van der Waals surface area contributed by atoms with E-state index in [-0.39, 0.29) is 0 Å². The predicted octanol–water partition coefficient (Wildman–Crippen LogP) is 5.40. The number of aryl methyl sites for hydroxylation is 1. The monoisotopic (exact) mass is 337 g/mol. The lowest BCUT2D eigenvalue weighted by Gasteiger charge is -2.13. The number of halogens is 1. The van der Waals surface area contributed by atoms with Crippen LogP contribution in [0.3, 0.4) is 0 Å². The van der Waals surface area contributed by atoms with E-state index in [2.05, 4.69) is 81.2 Å². The summed E-state index contributed by atoms with van der Waals surface area (Å²) in [5.41, 5.74) is 6.84. The summed E-state index contributed by atoms with van der Waals surface area (Å²) in [6.45, 7) is 0. The van der Waals surface area contributed by atoms with E-state index >= 15 is 0 Å². The average molecular weight is 338 g/mol. The second kappa shape index (κ2) is 5.19. The molecule has 0 amide bonds. The van der Waals surface area contributed by atoms with E-state index in [1.165, 1.54) is 47.5 Å². The molecule has 4 rings (SSSR count). The van der Waals surface area contributed by atoms with Gasteiger partial charge in [0.05, 0.1) is 5.69 Å². The lowest BCUT2D eigenvalue weighted by atomic mass is 10.1. The van der Waals surface area contributed by atoms with Gasteiger partial charge in [-0.2, -0.15) is 0 Å². The van der Waals surface area contributed by atoms with Crippen LogP contribution in [0.5, 0.6) is 0 Å². The molecule has 0 fully saturated rings. The molecule has 0 aliphatic heterocycles. The maximum Gasteiger partial charge on any atom is 0.0534 e. The molecule has 0 atom stereocenters. The number of rotatable bonds is 2. The molecular weight excluding hydrogens is 322 g/mol. The van der Waals surface area contributed by atoms with Crippen molar-refractivity contribution in [2.45, 2.75) is 19.3 Å². The SMILES string of the molecule is Brc1ccc(-n2c(-c3ccccc3)cc3c2CCC3)cc1. The highest BCUT2D eigenvalue weighted by Gasteiger charge is 2.21. The molecule has 1 heterocycles. The highest BCUT2D eigenvalue weighted by molar-refractivity contribution is 9.10. The smallest absolute Gasteiger partial charge is 0.0534 e. The van der Waals surface area contributed by atoms with E-state index in [1.807, 2.05) is 0 Å². The first-order valence-corrected chi connectivity index (χ1v) is 8.17. The summed E-state index contributed by atoms with van der Waals surface area (Å²) in [5.74, 6) is 0. The van der Waals surface area contributed by atoms with Gasteiger partial charge < -0.3 is 4.57 Å². The van der Waals surface area contributed by atoms with Crippen molar-refractivity contribution in [1.82, 2.24) is 4.57 Å². The normalized spacial score (nSPS) is 13.4. The zero-order chi connectivity index (χ0) is 14.2. The minimum Gasteiger partial charge on any atom is -0.313 e. The number of fused-ring (bicyclic) bond motifs is 1. The summed E-state index contributed by atoms with van der Waals surface area (Å²) in [6, 6.07) is 21.7. The Bertz CT molecular complexity index is 769. The maximum absolute atomic E-state index is 3.53. The van der Waals surface area contributed by atoms with Crippen LogP contribution in [-0.4, -0.2) is 4.57 Å². The van der Waals surface area contributed by atoms with Gasteiger partial charge in [0.25, 0.3) is 0 Å². The molecule has 21 heavy (non-hydrogen) atoms.